The first kappa shape index (κ1) is 14.4. The van der Waals surface area contributed by atoms with Crippen LogP contribution in [0.15, 0.2) is 0 Å². The van der Waals surface area contributed by atoms with Crippen molar-refractivity contribution in [3.63, 3.8) is 0 Å². The molecule has 114 valence electrons. The summed E-state index contributed by atoms with van der Waals surface area (Å²) in [5, 5.41) is 3.33. The van der Waals surface area contributed by atoms with E-state index in [0.29, 0.717) is 25.0 Å². The molecule has 4 fully saturated rings. The van der Waals surface area contributed by atoms with Crippen molar-refractivity contribution in [1.82, 2.24) is 5.32 Å². The predicted octanol–water partition coefficient (Wildman–Crippen LogP) is 2.99. The molecule has 1 amide bonds. The molecule has 0 aromatic rings. The Morgan fingerprint density at radius 1 is 1.10 bits per heavy atom. The quantitative estimate of drug-likeness (QED) is 0.759. The third-order valence-electron chi connectivity index (χ3n) is 5.48. The molecule has 0 spiro atoms. The lowest BCUT2D eigenvalue weighted by atomic mass is 9.54. The predicted molar refractivity (Wildman–Crippen MR) is 79.2 cm³/mol. The lowest BCUT2D eigenvalue weighted by Gasteiger charge is -2.54. The molecule has 4 aliphatic carbocycles. The van der Waals surface area contributed by atoms with Gasteiger partial charge in [0.15, 0.2) is 0 Å². The molecule has 3 heteroatoms. The van der Waals surface area contributed by atoms with Gasteiger partial charge in [-0.3, -0.25) is 4.79 Å². The third kappa shape index (κ3) is 3.19. The lowest BCUT2D eigenvalue weighted by molar-refractivity contribution is -0.126. The molecule has 4 saturated carbocycles. The van der Waals surface area contributed by atoms with Crippen molar-refractivity contribution in [2.75, 3.05) is 13.2 Å². The molecule has 1 N–H and O–H groups in total. The highest BCUT2D eigenvalue weighted by Gasteiger charge is 2.48. The highest BCUT2D eigenvalue weighted by atomic mass is 16.5. The molecule has 0 aliphatic heterocycles. The van der Waals surface area contributed by atoms with Gasteiger partial charge in [-0.15, -0.1) is 0 Å². The summed E-state index contributed by atoms with van der Waals surface area (Å²) >= 11 is 0. The molecule has 20 heavy (non-hydrogen) atoms. The van der Waals surface area contributed by atoms with Gasteiger partial charge in [0, 0.05) is 19.1 Å². The maximum absolute atomic E-state index is 12.1. The Bertz CT molecular complexity index is 325. The van der Waals surface area contributed by atoms with Gasteiger partial charge in [-0.05, 0) is 61.7 Å². The minimum absolute atomic E-state index is 0.200. The topological polar surface area (TPSA) is 38.3 Å². The Balaban J connectivity index is 1.42. The second-order valence-corrected chi connectivity index (χ2v) is 7.74. The minimum atomic E-state index is 0.200. The summed E-state index contributed by atoms with van der Waals surface area (Å²) in [6, 6.07) is 0.473. The Morgan fingerprint density at radius 3 is 2.25 bits per heavy atom. The van der Waals surface area contributed by atoms with Gasteiger partial charge in [0.25, 0.3) is 0 Å². The van der Waals surface area contributed by atoms with Crippen LogP contribution in [0.3, 0.4) is 0 Å². The van der Waals surface area contributed by atoms with E-state index >= 15 is 0 Å². The molecular formula is C17H29NO2. The summed E-state index contributed by atoms with van der Waals surface area (Å²) in [6.07, 6.45) is 7.44. The van der Waals surface area contributed by atoms with Crippen LogP contribution in [-0.2, 0) is 9.53 Å². The second kappa shape index (κ2) is 6.05. The molecule has 0 atom stereocenters. The summed E-state index contributed by atoms with van der Waals surface area (Å²) in [6.45, 7) is 5.59. The normalized spacial score (nSPS) is 38.5. The maximum atomic E-state index is 12.1. The first-order valence-corrected chi connectivity index (χ1v) is 8.49. The number of carbonyl (C=O) groups is 1. The van der Waals surface area contributed by atoms with Gasteiger partial charge in [0.2, 0.25) is 5.91 Å². The van der Waals surface area contributed by atoms with E-state index < -0.39 is 0 Å². The van der Waals surface area contributed by atoms with Crippen molar-refractivity contribution in [3.05, 3.63) is 0 Å². The highest BCUT2D eigenvalue weighted by molar-refractivity contribution is 5.76. The van der Waals surface area contributed by atoms with Gasteiger partial charge in [0.1, 0.15) is 0 Å². The monoisotopic (exact) mass is 279 g/mol. The highest BCUT2D eigenvalue weighted by Crippen LogP contribution is 2.53. The standard InChI is InChI=1S/C17H29NO2/c1-11(2)10-20-4-3-16(19)18-17-14-6-12-5-13(8-14)9-15(17)7-12/h11-15,17H,3-10H2,1-2H3,(H,18,19). The molecule has 0 saturated heterocycles. The van der Waals surface area contributed by atoms with Crippen LogP contribution in [0, 0.1) is 29.6 Å². The Hall–Kier alpha value is -0.570. The molecule has 4 rings (SSSR count). The molecule has 0 heterocycles. The van der Waals surface area contributed by atoms with Crippen LogP contribution in [-0.4, -0.2) is 25.2 Å². The van der Waals surface area contributed by atoms with Crippen molar-refractivity contribution >= 4 is 5.91 Å². The molecule has 0 aromatic carbocycles. The first-order valence-electron chi connectivity index (χ1n) is 8.49. The minimum Gasteiger partial charge on any atom is -0.381 e. The van der Waals surface area contributed by atoms with Crippen LogP contribution in [0.5, 0.6) is 0 Å². The number of amides is 1. The first-order chi connectivity index (χ1) is 9.61. The van der Waals surface area contributed by atoms with Crippen molar-refractivity contribution < 1.29 is 9.53 Å². The number of nitrogens with one attached hydrogen (secondary N) is 1. The number of hydrogen-bond donors (Lipinski definition) is 1. The fourth-order valence-electron chi connectivity index (χ4n) is 4.90. The SMILES string of the molecule is CC(C)COCCC(=O)NC1C2CC3CC(C2)CC1C3. The molecular weight excluding hydrogens is 250 g/mol. The summed E-state index contributed by atoms with van der Waals surface area (Å²) < 4.78 is 5.51. The van der Waals surface area contributed by atoms with E-state index in [4.69, 9.17) is 4.74 Å². The zero-order chi connectivity index (χ0) is 14.1. The van der Waals surface area contributed by atoms with Gasteiger partial charge < -0.3 is 10.1 Å². The summed E-state index contributed by atoms with van der Waals surface area (Å²) in [5.74, 6) is 4.23. The molecule has 3 nitrogen and oxygen atoms in total. The van der Waals surface area contributed by atoms with Gasteiger partial charge in [0.05, 0.1) is 6.61 Å². The number of hydrogen-bond acceptors (Lipinski definition) is 2. The van der Waals surface area contributed by atoms with Crippen molar-refractivity contribution in [2.45, 2.75) is 58.4 Å². The molecule has 0 unspecified atom stereocenters. The molecule has 0 aromatic heterocycles. The number of carbonyl (C=O) groups excluding carboxylic acids is 1. The van der Waals surface area contributed by atoms with Gasteiger partial charge in [-0.1, -0.05) is 13.8 Å². The van der Waals surface area contributed by atoms with E-state index in [2.05, 4.69) is 19.2 Å². The van der Waals surface area contributed by atoms with Gasteiger partial charge >= 0.3 is 0 Å². The van der Waals surface area contributed by atoms with Gasteiger partial charge in [-0.25, -0.2) is 0 Å². The van der Waals surface area contributed by atoms with Crippen molar-refractivity contribution in [1.29, 1.82) is 0 Å². The Labute approximate surface area is 122 Å². The lowest BCUT2D eigenvalue weighted by Crippen LogP contribution is -2.55. The van der Waals surface area contributed by atoms with Crippen LogP contribution >= 0.6 is 0 Å². The van der Waals surface area contributed by atoms with Crippen LogP contribution in [0.1, 0.15) is 52.4 Å². The Kier molecular flexibility index (Phi) is 4.34. The van der Waals surface area contributed by atoms with E-state index in [9.17, 15) is 4.79 Å². The molecule has 4 aliphatic rings. The van der Waals surface area contributed by atoms with Crippen molar-refractivity contribution in [2.24, 2.45) is 29.6 Å². The van der Waals surface area contributed by atoms with Crippen molar-refractivity contribution in [3.8, 4) is 0 Å². The van der Waals surface area contributed by atoms with E-state index in [1.165, 1.54) is 32.1 Å². The summed E-state index contributed by atoms with van der Waals surface area (Å²) in [7, 11) is 0. The fraction of sp³-hybridized carbons (Fsp3) is 0.941. The summed E-state index contributed by atoms with van der Waals surface area (Å²) in [4.78, 5) is 12.1. The largest absolute Gasteiger partial charge is 0.381 e. The zero-order valence-electron chi connectivity index (χ0n) is 12.9. The van der Waals surface area contributed by atoms with E-state index in [0.717, 1.165) is 30.3 Å². The smallest absolute Gasteiger partial charge is 0.222 e. The summed E-state index contributed by atoms with van der Waals surface area (Å²) in [5.41, 5.74) is 0. The number of ether oxygens (including phenoxy) is 1. The van der Waals surface area contributed by atoms with E-state index in [1.54, 1.807) is 0 Å². The van der Waals surface area contributed by atoms with Gasteiger partial charge in [-0.2, -0.15) is 0 Å². The second-order valence-electron chi connectivity index (χ2n) is 7.74. The molecule has 4 bridgehead atoms. The fourth-order valence-corrected chi connectivity index (χ4v) is 4.90. The van der Waals surface area contributed by atoms with Crippen LogP contribution < -0.4 is 5.32 Å². The van der Waals surface area contributed by atoms with Crippen LogP contribution in [0.2, 0.25) is 0 Å². The molecule has 0 radical (unpaired) electrons. The van der Waals surface area contributed by atoms with Crippen LogP contribution in [0.25, 0.3) is 0 Å². The third-order valence-corrected chi connectivity index (χ3v) is 5.48. The zero-order valence-corrected chi connectivity index (χ0v) is 12.9. The maximum Gasteiger partial charge on any atom is 0.222 e. The van der Waals surface area contributed by atoms with E-state index in [-0.39, 0.29) is 5.91 Å². The van der Waals surface area contributed by atoms with E-state index in [1.807, 2.05) is 0 Å². The average molecular weight is 279 g/mol. The van der Waals surface area contributed by atoms with Crippen LogP contribution in [0.4, 0.5) is 0 Å². The average Bonchev–Trinajstić information content (AvgIpc) is 2.38. The Morgan fingerprint density at radius 2 is 1.70 bits per heavy atom. The number of rotatable bonds is 6.